The van der Waals surface area contributed by atoms with Crippen molar-refractivity contribution < 1.29 is 9.85 Å². The van der Waals surface area contributed by atoms with Crippen molar-refractivity contribution >= 4 is 57.7 Å². The van der Waals surface area contributed by atoms with E-state index in [9.17, 15) is 20.2 Å². The van der Waals surface area contributed by atoms with Crippen LogP contribution in [0.15, 0.2) is 121 Å². The Balaban J connectivity index is 1.42. The Morgan fingerprint density at radius 2 is 0.629 bits per heavy atom. The molecule has 0 amide bonds. The number of rotatable bonds is 6. The number of hydrogen-bond donors (Lipinski definition) is 2. The molecule has 2 aliphatic rings. The van der Waals surface area contributed by atoms with Crippen molar-refractivity contribution in [2.75, 3.05) is 0 Å². The van der Waals surface area contributed by atoms with E-state index in [-0.39, 0.29) is 22.2 Å². The standard InChI is InChI=1S/C52H44N6O4/c1-51(2,3)35-15-7-31(8-16-35)47-39-23-24-40(53-39)48(32-9-17-36(18-10-32)52(4,5)6)42-26-28-44(55-42)50(34-13-21-38(22-14-34)58(61)62)46-30-29-45(56-46)49(43-27-25-41(47)54-43)33-11-19-37(20-12-33)57(59)60/h7-30,54-55H,1-6H3. The van der Waals surface area contributed by atoms with Gasteiger partial charge in [-0.1, -0.05) is 90.1 Å². The van der Waals surface area contributed by atoms with Gasteiger partial charge in [-0.25, -0.2) is 9.97 Å². The van der Waals surface area contributed by atoms with Crippen LogP contribution >= 0.6 is 0 Å². The van der Waals surface area contributed by atoms with Crippen LogP contribution in [0.3, 0.4) is 0 Å². The number of hydrogen-bond acceptors (Lipinski definition) is 6. The number of nitro benzene ring substituents is 2. The van der Waals surface area contributed by atoms with Gasteiger partial charge in [-0.2, -0.15) is 0 Å². The van der Waals surface area contributed by atoms with Gasteiger partial charge in [-0.05, 0) is 117 Å². The van der Waals surface area contributed by atoms with Gasteiger partial charge < -0.3 is 9.97 Å². The first-order valence-electron chi connectivity index (χ1n) is 20.5. The highest BCUT2D eigenvalue weighted by Crippen LogP contribution is 2.40. The first-order chi connectivity index (χ1) is 29.6. The average molecular weight is 817 g/mol. The minimum atomic E-state index is -0.411. The van der Waals surface area contributed by atoms with Crippen LogP contribution in [0.5, 0.6) is 0 Å². The molecule has 62 heavy (non-hydrogen) atoms. The van der Waals surface area contributed by atoms with Gasteiger partial charge in [0.1, 0.15) is 0 Å². The molecule has 4 aromatic carbocycles. The summed E-state index contributed by atoms with van der Waals surface area (Å²) in [6.45, 7) is 13.2. The van der Waals surface area contributed by atoms with E-state index < -0.39 is 9.85 Å². The largest absolute Gasteiger partial charge is 0.354 e. The second-order valence-corrected chi connectivity index (χ2v) is 17.8. The van der Waals surface area contributed by atoms with Crippen molar-refractivity contribution in [2.24, 2.45) is 0 Å². The summed E-state index contributed by atoms with van der Waals surface area (Å²) in [5.74, 6) is 0. The van der Waals surface area contributed by atoms with Gasteiger partial charge in [0.25, 0.3) is 11.4 Å². The maximum Gasteiger partial charge on any atom is 0.269 e. The second-order valence-electron chi connectivity index (χ2n) is 17.8. The first kappa shape index (κ1) is 39.7. The van der Waals surface area contributed by atoms with Gasteiger partial charge in [0.15, 0.2) is 0 Å². The molecule has 306 valence electrons. The molecule has 0 atom stereocenters. The Labute approximate surface area is 358 Å². The maximum atomic E-state index is 11.7. The number of non-ortho nitro benzene ring substituents is 2. The Morgan fingerprint density at radius 3 is 0.855 bits per heavy atom. The fraction of sp³-hybridized carbons (Fsp3) is 0.154. The Bertz CT molecular complexity index is 2950. The monoisotopic (exact) mass is 816 g/mol. The van der Waals surface area contributed by atoms with Gasteiger partial charge in [0, 0.05) is 68.6 Å². The minimum Gasteiger partial charge on any atom is -0.354 e. The lowest BCUT2D eigenvalue weighted by molar-refractivity contribution is -0.385. The highest BCUT2D eigenvalue weighted by Gasteiger charge is 2.21. The highest BCUT2D eigenvalue weighted by atomic mass is 16.6. The highest BCUT2D eigenvalue weighted by molar-refractivity contribution is 6.00. The second kappa shape index (κ2) is 15.1. The number of H-pyrrole nitrogens is 2. The summed E-state index contributed by atoms with van der Waals surface area (Å²) in [6.07, 6.45) is 8.01. The van der Waals surface area contributed by atoms with Crippen molar-refractivity contribution in [3.63, 3.8) is 0 Å². The minimum absolute atomic E-state index is 0.0176. The number of nitrogens with one attached hydrogen (secondary N) is 2. The predicted octanol–water partition coefficient (Wildman–Crippen LogP) is 13.7. The van der Waals surface area contributed by atoms with E-state index in [1.165, 1.54) is 35.4 Å². The van der Waals surface area contributed by atoms with Crippen LogP contribution in [0.25, 0.3) is 90.9 Å². The molecule has 9 rings (SSSR count). The van der Waals surface area contributed by atoms with Crippen LogP contribution in [-0.2, 0) is 10.8 Å². The van der Waals surface area contributed by atoms with Crippen molar-refractivity contribution in [3.05, 3.63) is 175 Å². The van der Waals surface area contributed by atoms with Gasteiger partial charge in [0.05, 0.1) is 32.6 Å². The summed E-state index contributed by atoms with van der Waals surface area (Å²) in [5.41, 5.74) is 15.1. The lowest BCUT2D eigenvalue weighted by Crippen LogP contribution is -2.10. The summed E-state index contributed by atoms with van der Waals surface area (Å²) in [6, 6.07) is 38.4. The van der Waals surface area contributed by atoms with E-state index in [1.807, 2.05) is 36.4 Å². The first-order valence-corrected chi connectivity index (χ1v) is 20.5. The molecule has 2 N–H and O–H groups in total. The van der Waals surface area contributed by atoms with Crippen LogP contribution in [0, 0.1) is 20.2 Å². The molecule has 0 fully saturated rings. The molecule has 8 bridgehead atoms. The van der Waals surface area contributed by atoms with E-state index in [0.29, 0.717) is 11.4 Å². The molecular weight excluding hydrogens is 773 g/mol. The molecule has 7 aromatic rings. The molecule has 3 aromatic heterocycles. The number of aromatic amines is 2. The smallest absolute Gasteiger partial charge is 0.269 e. The molecule has 0 unspecified atom stereocenters. The Kier molecular flexibility index (Phi) is 9.66. The Morgan fingerprint density at radius 1 is 0.387 bits per heavy atom. The van der Waals surface area contributed by atoms with Crippen molar-refractivity contribution in [3.8, 4) is 44.5 Å². The number of nitro groups is 2. The van der Waals surface area contributed by atoms with Crippen LogP contribution in [-0.4, -0.2) is 29.8 Å². The van der Waals surface area contributed by atoms with E-state index in [2.05, 4.69) is 112 Å². The van der Waals surface area contributed by atoms with Crippen molar-refractivity contribution in [2.45, 2.75) is 52.4 Å². The van der Waals surface area contributed by atoms with Crippen LogP contribution in [0.1, 0.15) is 75.4 Å². The average Bonchev–Trinajstić information content (AvgIpc) is 4.09. The fourth-order valence-electron chi connectivity index (χ4n) is 8.19. The van der Waals surface area contributed by atoms with Crippen molar-refractivity contribution in [1.82, 2.24) is 19.9 Å². The third-order valence-electron chi connectivity index (χ3n) is 11.6. The maximum absolute atomic E-state index is 11.7. The van der Waals surface area contributed by atoms with E-state index >= 15 is 0 Å². The molecular formula is C52H44N6O4. The summed E-state index contributed by atoms with van der Waals surface area (Å²) in [7, 11) is 0. The normalized spacial score (nSPS) is 12.5. The number of benzene rings is 4. The zero-order valence-corrected chi connectivity index (χ0v) is 35.3. The molecule has 10 heteroatoms. The molecule has 2 aliphatic heterocycles. The zero-order chi connectivity index (χ0) is 43.5. The molecule has 0 radical (unpaired) electrons. The predicted molar refractivity (Wildman–Crippen MR) is 251 cm³/mol. The lowest BCUT2D eigenvalue weighted by Gasteiger charge is -2.19. The van der Waals surface area contributed by atoms with E-state index in [4.69, 9.17) is 9.97 Å². The summed E-state index contributed by atoms with van der Waals surface area (Å²) in [5, 5.41) is 23.4. The number of nitrogens with zero attached hydrogens (tertiary/aromatic N) is 4. The van der Waals surface area contributed by atoms with Gasteiger partial charge in [-0.3, -0.25) is 20.2 Å². The van der Waals surface area contributed by atoms with Gasteiger partial charge in [-0.15, -0.1) is 0 Å². The summed E-state index contributed by atoms with van der Waals surface area (Å²) in [4.78, 5) is 40.7. The Hall–Kier alpha value is -7.72. The molecule has 0 saturated carbocycles. The van der Waals surface area contributed by atoms with Gasteiger partial charge in [0.2, 0.25) is 0 Å². The molecule has 10 nitrogen and oxygen atoms in total. The zero-order valence-electron chi connectivity index (χ0n) is 35.3. The molecule has 5 heterocycles. The quantitative estimate of drug-likeness (QED) is 0.126. The van der Waals surface area contributed by atoms with Crippen LogP contribution in [0.4, 0.5) is 11.4 Å². The van der Waals surface area contributed by atoms with Gasteiger partial charge >= 0.3 is 0 Å². The number of aromatic nitrogens is 4. The summed E-state index contributed by atoms with van der Waals surface area (Å²) >= 11 is 0. The molecule has 0 saturated heterocycles. The third-order valence-corrected chi connectivity index (χ3v) is 11.6. The van der Waals surface area contributed by atoms with E-state index in [0.717, 1.165) is 78.0 Å². The van der Waals surface area contributed by atoms with Crippen LogP contribution in [0.2, 0.25) is 0 Å². The van der Waals surface area contributed by atoms with E-state index in [1.54, 1.807) is 24.3 Å². The fourth-order valence-corrected chi connectivity index (χ4v) is 8.19. The molecule has 0 aliphatic carbocycles. The van der Waals surface area contributed by atoms with Crippen molar-refractivity contribution in [1.29, 1.82) is 0 Å². The summed E-state index contributed by atoms with van der Waals surface area (Å²) < 4.78 is 0. The number of fused-ring (bicyclic) bond motifs is 8. The lowest BCUT2D eigenvalue weighted by atomic mass is 9.86. The molecule has 0 spiro atoms. The van der Waals surface area contributed by atoms with Crippen LogP contribution < -0.4 is 0 Å². The SMILES string of the molecule is CC(C)(C)c1ccc(-c2c3nc(c(-c4ccc(C(C)(C)C)cc4)c4ccc([nH]4)c(-c4ccc([N+](=O)[O-])cc4)c4nc(c(-c5ccc([N+](=O)[O-])cc5)c5ccc2[nH]5)C=C4)C=C3)cc1. The topological polar surface area (TPSA) is 144 Å². The third kappa shape index (κ3) is 7.40.